The number of nitrogens with two attached hydrogens (primary N) is 1. The van der Waals surface area contributed by atoms with E-state index in [1.165, 1.54) is 37.5 Å². The van der Waals surface area contributed by atoms with Crippen LogP contribution in [-0.4, -0.2) is 23.7 Å². The van der Waals surface area contributed by atoms with E-state index in [2.05, 4.69) is 10.3 Å². The van der Waals surface area contributed by atoms with Crippen LogP contribution < -0.4 is 11.1 Å². The Morgan fingerprint density at radius 1 is 1.38 bits per heavy atom. The van der Waals surface area contributed by atoms with Gasteiger partial charge in [-0.15, -0.1) is 0 Å². The predicted octanol–water partition coefficient (Wildman–Crippen LogP) is 2.75. The van der Waals surface area contributed by atoms with Crippen LogP contribution in [-0.2, 0) is 0 Å². The molecule has 4 nitrogen and oxygen atoms in total. The summed E-state index contributed by atoms with van der Waals surface area (Å²) in [5, 5.41) is 13.4. The molecule has 1 unspecified atom stereocenters. The highest BCUT2D eigenvalue weighted by atomic mass is 35.5. The highest BCUT2D eigenvalue weighted by molar-refractivity contribution is 6.30. The van der Waals surface area contributed by atoms with Gasteiger partial charge in [0.25, 0.3) is 0 Å². The number of nitrogens with zero attached hydrogens (tertiary/aromatic N) is 1. The summed E-state index contributed by atoms with van der Waals surface area (Å²) in [5.74, 6) is -0.155. The van der Waals surface area contributed by atoms with Gasteiger partial charge in [-0.3, -0.25) is 4.99 Å². The minimum Gasteiger partial charge on any atom is -0.386 e. The van der Waals surface area contributed by atoms with Gasteiger partial charge in [0.1, 0.15) is 5.82 Å². The van der Waals surface area contributed by atoms with Gasteiger partial charge in [0.2, 0.25) is 0 Å². The van der Waals surface area contributed by atoms with E-state index in [1.807, 2.05) is 0 Å². The third-order valence-electron chi connectivity index (χ3n) is 3.66. The minimum atomic E-state index is -0.926. The summed E-state index contributed by atoms with van der Waals surface area (Å²) in [7, 11) is 0. The first-order valence-corrected chi connectivity index (χ1v) is 7.63. The van der Waals surface area contributed by atoms with Crippen molar-refractivity contribution in [2.45, 2.75) is 44.2 Å². The zero-order valence-corrected chi connectivity index (χ0v) is 12.6. The molecular formula is C15H21ClFN3O. The Morgan fingerprint density at radius 3 is 2.76 bits per heavy atom. The van der Waals surface area contributed by atoms with Crippen LogP contribution in [0.3, 0.4) is 0 Å². The van der Waals surface area contributed by atoms with Crippen molar-refractivity contribution in [2.75, 3.05) is 6.54 Å². The molecule has 0 bridgehead atoms. The number of aliphatic hydroxyl groups is 1. The van der Waals surface area contributed by atoms with E-state index in [0.29, 0.717) is 17.6 Å². The first-order chi connectivity index (χ1) is 10.0. The number of aliphatic imine (C=N–C) groups is 1. The van der Waals surface area contributed by atoms with E-state index in [9.17, 15) is 9.50 Å². The molecule has 1 aromatic rings. The number of nitrogens with one attached hydrogen (secondary N) is 1. The molecule has 1 aliphatic carbocycles. The summed E-state index contributed by atoms with van der Waals surface area (Å²) in [6, 6.07) is 4.33. The minimum absolute atomic E-state index is 0.0747. The summed E-state index contributed by atoms with van der Waals surface area (Å²) in [6.07, 6.45) is 4.94. The van der Waals surface area contributed by atoms with Gasteiger partial charge >= 0.3 is 0 Å². The average molecular weight is 314 g/mol. The van der Waals surface area contributed by atoms with E-state index in [1.54, 1.807) is 0 Å². The van der Waals surface area contributed by atoms with Gasteiger partial charge < -0.3 is 16.2 Å². The molecule has 0 amide bonds. The van der Waals surface area contributed by atoms with Gasteiger partial charge in [0, 0.05) is 11.1 Å². The summed E-state index contributed by atoms with van der Waals surface area (Å²) >= 11 is 5.76. The van der Waals surface area contributed by atoms with Crippen LogP contribution in [0.4, 0.5) is 4.39 Å². The summed E-state index contributed by atoms with van der Waals surface area (Å²) in [6.45, 7) is 0.0747. The second-order valence-electron chi connectivity index (χ2n) is 5.42. The van der Waals surface area contributed by atoms with Gasteiger partial charge in [-0.1, -0.05) is 30.9 Å². The first kappa shape index (κ1) is 16.0. The Bertz CT molecular complexity index is 483. The predicted molar refractivity (Wildman–Crippen MR) is 82.9 cm³/mol. The number of aliphatic hydroxyl groups excluding tert-OH is 1. The van der Waals surface area contributed by atoms with Crippen molar-refractivity contribution < 1.29 is 9.50 Å². The number of guanidine groups is 1. The van der Waals surface area contributed by atoms with Crippen molar-refractivity contribution in [3.05, 3.63) is 34.6 Å². The van der Waals surface area contributed by atoms with Crippen molar-refractivity contribution >= 4 is 17.6 Å². The number of hydrogen-bond donors (Lipinski definition) is 3. The van der Waals surface area contributed by atoms with Crippen LogP contribution in [0.1, 0.15) is 43.8 Å². The molecule has 2 rings (SSSR count). The molecule has 116 valence electrons. The molecule has 6 heteroatoms. The zero-order valence-electron chi connectivity index (χ0n) is 11.9. The fraction of sp³-hybridized carbons (Fsp3) is 0.533. The van der Waals surface area contributed by atoms with Gasteiger partial charge in [-0.05, 0) is 36.6 Å². The summed E-state index contributed by atoms with van der Waals surface area (Å²) in [4.78, 5) is 4.12. The SMILES string of the molecule is NC(=NCC(O)c1cc(F)cc(Cl)c1)NC1CCCCC1. The molecule has 4 N–H and O–H groups in total. The molecule has 0 spiro atoms. The second kappa shape index (κ2) is 7.61. The Labute approximate surface area is 129 Å². The molecule has 0 saturated heterocycles. The van der Waals surface area contributed by atoms with E-state index < -0.39 is 11.9 Å². The molecule has 1 atom stereocenters. The lowest BCUT2D eigenvalue weighted by molar-refractivity contribution is 0.186. The highest BCUT2D eigenvalue weighted by Crippen LogP contribution is 2.20. The van der Waals surface area contributed by atoms with E-state index >= 15 is 0 Å². The molecular weight excluding hydrogens is 293 g/mol. The molecule has 0 heterocycles. The molecule has 0 aromatic heterocycles. The summed E-state index contributed by atoms with van der Waals surface area (Å²) < 4.78 is 13.2. The number of benzene rings is 1. The van der Waals surface area contributed by atoms with E-state index in [4.69, 9.17) is 17.3 Å². The lowest BCUT2D eigenvalue weighted by Gasteiger charge is -2.23. The highest BCUT2D eigenvalue weighted by Gasteiger charge is 2.14. The van der Waals surface area contributed by atoms with Crippen LogP contribution in [0.15, 0.2) is 23.2 Å². The molecule has 1 saturated carbocycles. The topological polar surface area (TPSA) is 70.6 Å². The molecule has 21 heavy (non-hydrogen) atoms. The monoisotopic (exact) mass is 313 g/mol. The zero-order chi connectivity index (χ0) is 15.2. The average Bonchev–Trinajstić information content (AvgIpc) is 2.45. The van der Waals surface area contributed by atoms with Crippen LogP contribution in [0.2, 0.25) is 5.02 Å². The van der Waals surface area contributed by atoms with Crippen LogP contribution in [0.25, 0.3) is 0 Å². The smallest absolute Gasteiger partial charge is 0.188 e. The number of halogens is 2. The van der Waals surface area contributed by atoms with Gasteiger partial charge in [0.05, 0.1) is 12.6 Å². The van der Waals surface area contributed by atoms with Crippen molar-refractivity contribution in [1.82, 2.24) is 5.32 Å². The van der Waals surface area contributed by atoms with Crippen molar-refractivity contribution in [3.63, 3.8) is 0 Å². The third kappa shape index (κ3) is 5.17. The van der Waals surface area contributed by atoms with E-state index in [0.717, 1.165) is 12.8 Å². The molecule has 1 aromatic carbocycles. The lowest BCUT2D eigenvalue weighted by Crippen LogP contribution is -2.41. The number of hydrogen-bond acceptors (Lipinski definition) is 2. The Balaban J connectivity index is 1.89. The molecule has 0 radical (unpaired) electrons. The standard InChI is InChI=1S/C15H21ClFN3O/c16-11-6-10(7-12(17)8-11)14(21)9-19-15(18)20-13-4-2-1-3-5-13/h6-8,13-14,21H,1-5,9H2,(H3,18,19,20). The van der Waals surface area contributed by atoms with Crippen molar-refractivity contribution in [3.8, 4) is 0 Å². The number of rotatable bonds is 4. The Kier molecular flexibility index (Phi) is 5.82. The largest absolute Gasteiger partial charge is 0.386 e. The maximum absolute atomic E-state index is 13.2. The fourth-order valence-corrected chi connectivity index (χ4v) is 2.79. The second-order valence-corrected chi connectivity index (χ2v) is 5.86. The van der Waals surface area contributed by atoms with Gasteiger partial charge in [0.15, 0.2) is 5.96 Å². The molecule has 0 aliphatic heterocycles. The maximum atomic E-state index is 13.2. The first-order valence-electron chi connectivity index (χ1n) is 7.25. The third-order valence-corrected chi connectivity index (χ3v) is 3.88. The van der Waals surface area contributed by atoms with Crippen LogP contribution in [0.5, 0.6) is 0 Å². The van der Waals surface area contributed by atoms with Crippen molar-refractivity contribution in [1.29, 1.82) is 0 Å². The molecule has 1 fully saturated rings. The Hall–Kier alpha value is -1.33. The summed E-state index contributed by atoms with van der Waals surface area (Å²) in [5.41, 5.74) is 6.22. The van der Waals surface area contributed by atoms with Gasteiger partial charge in [-0.25, -0.2) is 4.39 Å². The fourth-order valence-electron chi connectivity index (χ4n) is 2.56. The van der Waals surface area contributed by atoms with Crippen molar-refractivity contribution in [2.24, 2.45) is 10.7 Å². The quantitative estimate of drug-likeness (QED) is 0.591. The normalized spacial score (nSPS) is 18.5. The molecule has 1 aliphatic rings. The Morgan fingerprint density at radius 2 is 2.10 bits per heavy atom. The maximum Gasteiger partial charge on any atom is 0.188 e. The van der Waals surface area contributed by atoms with Crippen LogP contribution >= 0.6 is 11.6 Å². The van der Waals surface area contributed by atoms with Crippen LogP contribution in [0, 0.1) is 5.82 Å². The lowest BCUT2D eigenvalue weighted by atomic mass is 9.96. The van der Waals surface area contributed by atoms with E-state index in [-0.39, 0.29) is 11.6 Å². The van der Waals surface area contributed by atoms with Gasteiger partial charge in [-0.2, -0.15) is 0 Å².